The van der Waals surface area contributed by atoms with Gasteiger partial charge in [-0.2, -0.15) is 13.2 Å². The van der Waals surface area contributed by atoms with Crippen LogP contribution in [-0.2, 0) is 20.4 Å². The lowest BCUT2D eigenvalue weighted by molar-refractivity contribution is -0.157. The second-order valence-corrected chi connectivity index (χ2v) is 5.63. The summed E-state index contributed by atoms with van der Waals surface area (Å²) in [6, 6.07) is 0. The van der Waals surface area contributed by atoms with Crippen LogP contribution in [0.5, 0.6) is 0 Å². The SMILES string of the molecule is COC(=O)C1(CNc2nc(C(F)(F)F)cs2)CCOCC1. The smallest absolute Gasteiger partial charge is 0.434 e. The molecule has 0 spiro atoms. The van der Waals surface area contributed by atoms with Gasteiger partial charge in [-0.05, 0) is 12.8 Å². The minimum absolute atomic E-state index is 0.136. The number of anilines is 1. The number of methoxy groups -OCH3 is 1. The molecule has 0 bridgehead atoms. The molecule has 2 rings (SSSR count). The minimum Gasteiger partial charge on any atom is -0.469 e. The Labute approximate surface area is 123 Å². The van der Waals surface area contributed by atoms with Crippen molar-refractivity contribution >= 4 is 22.4 Å². The molecule has 1 aliphatic heterocycles. The van der Waals surface area contributed by atoms with Crippen molar-refractivity contribution < 1.29 is 27.4 Å². The Balaban J connectivity index is 2.05. The average Bonchev–Trinajstić information content (AvgIpc) is 2.94. The molecule has 5 nitrogen and oxygen atoms in total. The van der Waals surface area contributed by atoms with Crippen molar-refractivity contribution in [2.75, 3.05) is 32.2 Å². The quantitative estimate of drug-likeness (QED) is 0.863. The fourth-order valence-corrected chi connectivity index (χ4v) is 2.88. The molecule has 0 aliphatic carbocycles. The van der Waals surface area contributed by atoms with Gasteiger partial charge in [-0.1, -0.05) is 0 Å². The summed E-state index contributed by atoms with van der Waals surface area (Å²) < 4.78 is 47.5. The summed E-state index contributed by atoms with van der Waals surface area (Å²) in [4.78, 5) is 15.4. The van der Waals surface area contributed by atoms with Crippen molar-refractivity contribution in [3.8, 4) is 0 Å². The van der Waals surface area contributed by atoms with E-state index in [1.807, 2.05) is 0 Å². The third kappa shape index (κ3) is 3.65. The lowest BCUT2D eigenvalue weighted by Crippen LogP contribution is -2.43. The van der Waals surface area contributed by atoms with E-state index in [4.69, 9.17) is 9.47 Å². The molecule has 0 atom stereocenters. The Kier molecular flexibility index (Phi) is 4.72. The van der Waals surface area contributed by atoms with E-state index in [-0.39, 0.29) is 17.6 Å². The van der Waals surface area contributed by atoms with Crippen molar-refractivity contribution in [2.45, 2.75) is 19.0 Å². The predicted molar refractivity (Wildman–Crippen MR) is 70.1 cm³/mol. The molecule has 1 N–H and O–H groups in total. The van der Waals surface area contributed by atoms with Gasteiger partial charge in [0.05, 0.1) is 12.5 Å². The second kappa shape index (κ2) is 6.18. The van der Waals surface area contributed by atoms with Gasteiger partial charge < -0.3 is 14.8 Å². The zero-order valence-corrected chi connectivity index (χ0v) is 12.1. The highest BCUT2D eigenvalue weighted by Gasteiger charge is 2.41. The molecular weight excluding hydrogens is 309 g/mol. The van der Waals surface area contributed by atoms with Crippen LogP contribution in [0, 0.1) is 5.41 Å². The van der Waals surface area contributed by atoms with Gasteiger partial charge in [0.1, 0.15) is 0 Å². The van der Waals surface area contributed by atoms with Gasteiger partial charge in [-0.15, -0.1) is 11.3 Å². The molecule has 0 amide bonds. The standard InChI is InChI=1S/C12H15F3N2O3S/c1-19-9(18)11(2-4-20-5-3-11)7-16-10-17-8(6-21-10)12(13,14)15/h6H,2-5,7H2,1H3,(H,16,17). The molecule has 0 saturated carbocycles. The number of ether oxygens (including phenoxy) is 2. The summed E-state index contributed by atoms with van der Waals surface area (Å²) >= 11 is 0.857. The molecule has 0 radical (unpaired) electrons. The Morgan fingerprint density at radius 1 is 1.52 bits per heavy atom. The maximum absolute atomic E-state index is 12.5. The Morgan fingerprint density at radius 3 is 2.71 bits per heavy atom. The predicted octanol–water partition coefficient (Wildman–Crippen LogP) is 2.54. The van der Waals surface area contributed by atoms with Gasteiger partial charge in [0, 0.05) is 25.1 Å². The van der Waals surface area contributed by atoms with Gasteiger partial charge in [-0.3, -0.25) is 4.79 Å². The highest BCUT2D eigenvalue weighted by molar-refractivity contribution is 7.13. The summed E-state index contributed by atoms with van der Waals surface area (Å²) in [6.45, 7) is 1.01. The largest absolute Gasteiger partial charge is 0.469 e. The highest BCUT2D eigenvalue weighted by Crippen LogP contribution is 2.34. The van der Waals surface area contributed by atoms with E-state index in [9.17, 15) is 18.0 Å². The number of halogens is 3. The zero-order valence-electron chi connectivity index (χ0n) is 11.3. The van der Waals surface area contributed by atoms with Gasteiger partial charge in [0.15, 0.2) is 10.8 Å². The second-order valence-electron chi connectivity index (χ2n) is 4.77. The number of hydrogen-bond donors (Lipinski definition) is 1. The average molecular weight is 324 g/mol. The highest BCUT2D eigenvalue weighted by atomic mass is 32.1. The normalized spacial score (nSPS) is 18.3. The van der Waals surface area contributed by atoms with Crippen molar-refractivity contribution in [3.05, 3.63) is 11.1 Å². The third-order valence-corrected chi connectivity index (χ3v) is 4.24. The van der Waals surface area contributed by atoms with Crippen molar-refractivity contribution in [2.24, 2.45) is 5.41 Å². The molecular formula is C12H15F3N2O3S. The number of carbonyl (C=O) groups is 1. The molecule has 1 aliphatic rings. The molecule has 1 fully saturated rings. The molecule has 1 aromatic heterocycles. The monoisotopic (exact) mass is 324 g/mol. The zero-order chi connectivity index (χ0) is 15.5. The van der Waals surface area contributed by atoms with Crippen LogP contribution in [-0.4, -0.2) is 37.8 Å². The lowest BCUT2D eigenvalue weighted by atomic mass is 9.80. The molecule has 118 valence electrons. The summed E-state index contributed by atoms with van der Waals surface area (Å²) in [7, 11) is 1.30. The fourth-order valence-electron chi connectivity index (χ4n) is 2.16. The molecule has 1 saturated heterocycles. The number of nitrogens with zero attached hydrogens (tertiary/aromatic N) is 1. The Bertz CT molecular complexity index is 498. The first-order valence-corrected chi connectivity index (χ1v) is 7.18. The van der Waals surface area contributed by atoms with Crippen molar-refractivity contribution in [1.29, 1.82) is 0 Å². The first kappa shape index (κ1) is 16.0. The number of rotatable bonds is 4. The number of carbonyl (C=O) groups excluding carboxylic acids is 1. The van der Waals surface area contributed by atoms with Crippen LogP contribution in [0.4, 0.5) is 18.3 Å². The third-order valence-electron chi connectivity index (χ3n) is 3.44. The van der Waals surface area contributed by atoms with Gasteiger partial charge in [0.25, 0.3) is 0 Å². The van der Waals surface area contributed by atoms with Gasteiger partial charge in [0.2, 0.25) is 0 Å². The molecule has 9 heteroatoms. The molecule has 2 heterocycles. The summed E-state index contributed by atoms with van der Waals surface area (Å²) in [5.74, 6) is -0.383. The first-order valence-electron chi connectivity index (χ1n) is 6.30. The number of aromatic nitrogens is 1. The minimum atomic E-state index is -4.46. The molecule has 0 aromatic carbocycles. The van der Waals surface area contributed by atoms with Crippen molar-refractivity contribution in [3.63, 3.8) is 0 Å². The van der Waals surface area contributed by atoms with E-state index in [2.05, 4.69) is 10.3 Å². The number of hydrogen-bond acceptors (Lipinski definition) is 6. The van der Waals surface area contributed by atoms with E-state index in [1.165, 1.54) is 7.11 Å². The number of nitrogens with one attached hydrogen (secondary N) is 1. The fraction of sp³-hybridized carbons (Fsp3) is 0.667. The topological polar surface area (TPSA) is 60.5 Å². The van der Waals surface area contributed by atoms with Crippen LogP contribution in [0.2, 0.25) is 0 Å². The Hall–Kier alpha value is -1.35. The Morgan fingerprint density at radius 2 is 2.19 bits per heavy atom. The number of thiazole rings is 1. The van der Waals surface area contributed by atoms with Crippen LogP contribution < -0.4 is 5.32 Å². The van der Waals surface area contributed by atoms with Gasteiger partial charge in [-0.25, -0.2) is 4.98 Å². The van der Waals surface area contributed by atoms with E-state index in [0.29, 0.717) is 26.1 Å². The molecule has 1 aromatic rings. The summed E-state index contributed by atoms with van der Waals surface area (Å²) in [5.41, 5.74) is -1.72. The molecule has 21 heavy (non-hydrogen) atoms. The summed E-state index contributed by atoms with van der Waals surface area (Å²) in [6.07, 6.45) is -3.54. The van der Waals surface area contributed by atoms with Gasteiger partial charge >= 0.3 is 12.1 Å². The van der Waals surface area contributed by atoms with Crippen LogP contribution >= 0.6 is 11.3 Å². The van der Waals surface area contributed by atoms with E-state index in [0.717, 1.165) is 16.7 Å². The van der Waals surface area contributed by atoms with Crippen LogP contribution in [0.15, 0.2) is 5.38 Å². The molecule has 0 unspecified atom stereocenters. The van der Waals surface area contributed by atoms with E-state index >= 15 is 0 Å². The van der Waals surface area contributed by atoms with Crippen molar-refractivity contribution in [1.82, 2.24) is 4.98 Å². The lowest BCUT2D eigenvalue weighted by Gasteiger charge is -2.34. The summed E-state index contributed by atoms with van der Waals surface area (Å²) in [5, 5.41) is 3.89. The maximum atomic E-state index is 12.5. The van der Waals surface area contributed by atoms with Crippen LogP contribution in [0.25, 0.3) is 0 Å². The van der Waals surface area contributed by atoms with E-state index < -0.39 is 17.3 Å². The van der Waals surface area contributed by atoms with Crippen LogP contribution in [0.3, 0.4) is 0 Å². The number of esters is 1. The maximum Gasteiger partial charge on any atom is 0.434 e. The van der Waals surface area contributed by atoms with E-state index in [1.54, 1.807) is 0 Å². The van der Waals surface area contributed by atoms with Crippen LogP contribution in [0.1, 0.15) is 18.5 Å². The first-order chi connectivity index (χ1) is 9.87. The number of alkyl halides is 3.